The number of aryl methyl sites for hydroxylation is 1. The van der Waals surface area contributed by atoms with E-state index in [0.29, 0.717) is 25.8 Å². The zero-order chi connectivity index (χ0) is 13.2. The predicted octanol–water partition coefficient (Wildman–Crippen LogP) is 1.84. The van der Waals surface area contributed by atoms with E-state index >= 15 is 0 Å². The molecule has 1 aromatic heterocycles. The van der Waals surface area contributed by atoms with Gasteiger partial charge in [-0.25, -0.2) is 4.98 Å². The minimum absolute atomic E-state index is 0.0310. The van der Waals surface area contributed by atoms with Crippen molar-refractivity contribution in [1.82, 2.24) is 10.3 Å². The third-order valence-electron chi connectivity index (χ3n) is 2.44. The summed E-state index contributed by atoms with van der Waals surface area (Å²) in [5, 5.41) is 14.1. The molecule has 100 valence electrons. The smallest absolute Gasteiger partial charge is 0.303 e. The molecule has 0 aliphatic rings. The predicted molar refractivity (Wildman–Crippen MR) is 69.5 cm³/mol. The SMILES string of the molecule is O=C(O)CCCCCNC(=O)CCc1nccs1. The molecule has 0 aromatic carbocycles. The number of aliphatic carboxylic acids is 1. The minimum atomic E-state index is -0.762. The highest BCUT2D eigenvalue weighted by molar-refractivity contribution is 7.09. The third kappa shape index (κ3) is 7.01. The van der Waals surface area contributed by atoms with E-state index in [4.69, 9.17) is 5.11 Å². The maximum atomic E-state index is 11.5. The van der Waals surface area contributed by atoms with Crippen LogP contribution in [0.3, 0.4) is 0 Å². The van der Waals surface area contributed by atoms with Crippen molar-refractivity contribution < 1.29 is 14.7 Å². The molecule has 0 spiro atoms. The minimum Gasteiger partial charge on any atom is -0.481 e. The number of carbonyl (C=O) groups excluding carboxylic acids is 1. The number of unbranched alkanes of at least 4 members (excludes halogenated alkanes) is 2. The van der Waals surface area contributed by atoms with Gasteiger partial charge >= 0.3 is 5.97 Å². The number of carboxylic acid groups (broad SMARTS) is 1. The molecule has 1 rings (SSSR count). The number of hydrogen-bond acceptors (Lipinski definition) is 4. The maximum Gasteiger partial charge on any atom is 0.303 e. The van der Waals surface area contributed by atoms with Crippen LogP contribution in [0.4, 0.5) is 0 Å². The lowest BCUT2D eigenvalue weighted by Crippen LogP contribution is -2.24. The van der Waals surface area contributed by atoms with Crippen molar-refractivity contribution >= 4 is 23.2 Å². The lowest BCUT2D eigenvalue weighted by Gasteiger charge is -2.03. The van der Waals surface area contributed by atoms with Crippen LogP contribution >= 0.6 is 11.3 Å². The first-order valence-corrected chi connectivity index (χ1v) is 6.93. The molecule has 0 bridgehead atoms. The molecule has 1 heterocycles. The van der Waals surface area contributed by atoms with Gasteiger partial charge in [-0.2, -0.15) is 0 Å². The van der Waals surface area contributed by atoms with Gasteiger partial charge in [0.15, 0.2) is 0 Å². The molecule has 0 atom stereocenters. The highest BCUT2D eigenvalue weighted by atomic mass is 32.1. The molecule has 0 saturated carbocycles. The fourth-order valence-corrected chi connectivity index (χ4v) is 2.11. The van der Waals surface area contributed by atoms with E-state index in [1.807, 2.05) is 5.38 Å². The van der Waals surface area contributed by atoms with Crippen molar-refractivity contribution in [3.63, 3.8) is 0 Å². The van der Waals surface area contributed by atoms with E-state index in [-0.39, 0.29) is 12.3 Å². The average molecular weight is 270 g/mol. The van der Waals surface area contributed by atoms with Gasteiger partial charge < -0.3 is 10.4 Å². The van der Waals surface area contributed by atoms with Crippen LogP contribution in [0.1, 0.15) is 37.1 Å². The molecule has 0 saturated heterocycles. The third-order valence-corrected chi connectivity index (χ3v) is 3.28. The van der Waals surface area contributed by atoms with Gasteiger partial charge in [0.2, 0.25) is 5.91 Å². The zero-order valence-corrected chi connectivity index (χ0v) is 11.0. The van der Waals surface area contributed by atoms with Crippen LogP contribution in [-0.2, 0) is 16.0 Å². The summed E-state index contributed by atoms with van der Waals surface area (Å²) >= 11 is 1.56. The van der Waals surface area contributed by atoms with Gasteiger partial charge in [-0.3, -0.25) is 9.59 Å². The standard InChI is InChI=1S/C12H18N2O3S/c15-10(5-6-11-14-8-9-18-11)13-7-3-1-2-4-12(16)17/h8-9H,1-7H2,(H,13,15)(H,16,17). The summed E-state index contributed by atoms with van der Waals surface area (Å²) in [6.45, 7) is 0.621. The van der Waals surface area contributed by atoms with E-state index in [9.17, 15) is 9.59 Å². The number of hydrogen-bond donors (Lipinski definition) is 2. The number of aromatic nitrogens is 1. The van der Waals surface area contributed by atoms with Crippen molar-refractivity contribution in [1.29, 1.82) is 0 Å². The fourth-order valence-electron chi connectivity index (χ4n) is 1.49. The summed E-state index contributed by atoms with van der Waals surface area (Å²) in [5.41, 5.74) is 0. The second kappa shape index (κ2) is 8.63. The molecule has 1 amide bonds. The first-order valence-electron chi connectivity index (χ1n) is 6.05. The van der Waals surface area contributed by atoms with Crippen LogP contribution in [-0.4, -0.2) is 28.5 Å². The summed E-state index contributed by atoms with van der Waals surface area (Å²) in [6, 6.07) is 0. The molecule has 0 fully saturated rings. The molecule has 0 aliphatic carbocycles. The highest BCUT2D eigenvalue weighted by Crippen LogP contribution is 2.06. The van der Waals surface area contributed by atoms with Crippen LogP contribution in [0.15, 0.2) is 11.6 Å². The Morgan fingerprint density at radius 2 is 2.11 bits per heavy atom. The number of carboxylic acids is 1. The van der Waals surface area contributed by atoms with Gasteiger partial charge in [0, 0.05) is 37.4 Å². The number of thiazole rings is 1. The van der Waals surface area contributed by atoms with Gasteiger partial charge in [0.05, 0.1) is 5.01 Å². The molecule has 0 radical (unpaired) electrons. The van der Waals surface area contributed by atoms with Gasteiger partial charge in [0.25, 0.3) is 0 Å². The van der Waals surface area contributed by atoms with Crippen LogP contribution in [0.5, 0.6) is 0 Å². The second-order valence-electron chi connectivity index (χ2n) is 3.98. The largest absolute Gasteiger partial charge is 0.481 e. The van der Waals surface area contributed by atoms with Gasteiger partial charge in [-0.05, 0) is 12.8 Å². The van der Waals surface area contributed by atoms with E-state index in [1.54, 1.807) is 17.5 Å². The number of amides is 1. The average Bonchev–Trinajstić information content (AvgIpc) is 2.83. The van der Waals surface area contributed by atoms with Crippen molar-refractivity contribution in [2.24, 2.45) is 0 Å². The molecule has 5 nitrogen and oxygen atoms in total. The van der Waals surface area contributed by atoms with Crippen LogP contribution in [0.25, 0.3) is 0 Å². The maximum absolute atomic E-state index is 11.5. The Morgan fingerprint density at radius 1 is 1.28 bits per heavy atom. The lowest BCUT2D eigenvalue weighted by molar-refractivity contribution is -0.137. The Morgan fingerprint density at radius 3 is 2.78 bits per heavy atom. The summed E-state index contributed by atoms with van der Waals surface area (Å²) in [7, 11) is 0. The number of rotatable bonds is 9. The van der Waals surface area contributed by atoms with Crippen molar-refractivity contribution in [2.75, 3.05) is 6.54 Å². The normalized spacial score (nSPS) is 10.2. The monoisotopic (exact) mass is 270 g/mol. The topological polar surface area (TPSA) is 79.3 Å². The first kappa shape index (κ1) is 14.6. The summed E-state index contributed by atoms with van der Waals surface area (Å²) in [4.78, 5) is 25.8. The van der Waals surface area contributed by atoms with Crippen molar-refractivity contribution in [2.45, 2.75) is 38.5 Å². The molecular formula is C12H18N2O3S. The molecule has 2 N–H and O–H groups in total. The first-order chi connectivity index (χ1) is 8.68. The fraction of sp³-hybridized carbons (Fsp3) is 0.583. The quantitative estimate of drug-likeness (QED) is 0.671. The Bertz CT molecular complexity index is 365. The van der Waals surface area contributed by atoms with E-state index in [1.165, 1.54) is 0 Å². The lowest BCUT2D eigenvalue weighted by atomic mass is 10.2. The summed E-state index contributed by atoms with van der Waals surface area (Å²) in [5.74, 6) is -0.731. The van der Waals surface area contributed by atoms with Crippen LogP contribution in [0, 0.1) is 0 Å². The highest BCUT2D eigenvalue weighted by Gasteiger charge is 2.03. The molecule has 0 aliphatic heterocycles. The molecule has 18 heavy (non-hydrogen) atoms. The van der Waals surface area contributed by atoms with Crippen molar-refractivity contribution in [3.8, 4) is 0 Å². The van der Waals surface area contributed by atoms with Crippen molar-refractivity contribution in [3.05, 3.63) is 16.6 Å². The van der Waals surface area contributed by atoms with Gasteiger partial charge in [-0.1, -0.05) is 6.42 Å². The summed E-state index contributed by atoms with van der Waals surface area (Å²) < 4.78 is 0. The van der Waals surface area contributed by atoms with Gasteiger partial charge in [-0.15, -0.1) is 11.3 Å². The molecule has 0 unspecified atom stereocenters. The second-order valence-corrected chi connectivity index (χ2v) is 4.96. The Labute approximate surface area is 110 Å². The van der Waals surface area contributed by atoms with Crippen LogP contribution in [0.2, 0.25) is 0 Å². The zero-order valence-electron chi connectivity index (χ0n) is 10.2. The Kier molecular flexibility index (Phi) is 7.01. The van der Waals surface area contributed by atoms with E-state index < -0.39 is 5.97 Å². The summed E-state index contributed by atoms with van der Waals surface area (Å²) in [6.07, 6.45) is 5.42. The number of nitrogens with one attached hydrogen (secondary N) is 1. The molecule has 6 heteroatoms. The molecular weight excluding hydrogens is 252 g/mol. The number of nitrogens with zero attached hydrogens (tertiary/aromatic N) is 1. The number of carbonyl (C=O) groups is 2. The van der Waals surface area contributed by atoms with Gasteiger partial charge in [0.1, 0.15) is 0 Å². The van der Waals surface area contributed by atoms with Crippen LogP contribution < -0.4 is 5.32 Å². The Hall–Kier alpha value is -1.43. The Balaban J connectivity index is 1.95. The van der Waals surface area contributed by atoms with E-state index in [0.717, 1.165) is 17.8 Å². The molecule has 1 aromatic rings. The van der Waals surface area contributed by atoms with E-state index in [2.05, 4.69) is 10.3 Å².